The molecule has 1 heterocycles. The minimum Gasteiger partial charge on any atom is -0.397 e. The highest BCUT2D eigenvalue weighted by Gasteiger charge is 2.21. The molecule has 0 bridgehead atoms. The number of nitrogens with zero attached hydrogens (tertiary/aromatic N) is 2. The van der Waals surface area contributed by atoms with Gasteiger partial charge in [-0.2, -0.15) is 0 Å². The number of carbonyl (C=O) groups excluding carboxylic acids is 1. The van der Waals surface area contributed by atoms with E-state index in [9.17, 15) is 4.79 Å². The molecule has 2 rings (SSSR count). The van der Waals surface area contributed by atoms with Gasteiger partial charge in [-0.15, -0.1) is 0 Å². The predicted octanol–water partition coefficient (Wildman–Crippen LogP) is 1.82. The van der Waals surface area contributed by atoms with Crippen molar-refractivity contribution < 1.29 is 9.53 Å². The SMILES string of the molecule is CN(CCOCC1CC1)C(=O)c1cc(Cl)ncc1N. The Bertz CT molecular complexity index is 463. The topological polar surface area (TPSA) is 68.5 Å². The largest absolute Gasteiger partial charge is 0.397 e. The summed E-state index contributed by atoms with van der Waals surface area (Å²) in [4.78, 5) is 17.6. The molecule has 2 N–H and O–H groups in total. The number of pyridine rings is 1. The molecule has 0 spiro atoms. The van der Waals surface area contributed by atoms with E-state index >= 15 is 0 Å². The Morgan fingerprint density at radius 1 is 1.63 bits per heavy atom. The second-order valence-corrected chi connectivity index (χ2v) is 5.23. The number of amides is 1. The third-order valence-corrected chi connectivity index (χ3v) is 3.31. The van der Waals surface area contributed by atoms with Crippen LogP contribution in [0.4, 0.5) is 5.69 Å². The van der Waals surface area contributed by atoms with Crippen molar-refractivity contribution in [1.29, 1.82) is 0 Å². The lowest BCUT2D eigenvalue weighted by Crippen LogP contribution is -2.31. The predicted molar refractivity (Wildman–Crippen MR) is 74.2 cm³/mol. The maximum absolute atomic E-state index is 12.2. The van der Waals surface area contributed by atoms with E-state index < -0.39 is 0 Å². The summed E-state index contributed by atoms with van der Waals surface area (Å²) in [5.41, 5.74) is 6.44. The number of hydrogen-bond donors (Lipinski definition) is 1. The minimum absolute atomic E-state index is 0.170. The number of nitrogens with two attached hydrogens (primary N) is 1. The van der Waals surface area contributed by atoms with Crippen molar-refractivity contribution in [2.75, 3.05) is 32.5 Å². The van der Waals surface area contributed by atoms with Crippen molar-refractivity contribution >= 4 is 23.2 Å². The number of likely N-dealkylation sites (N-methyl/N-ethyl adjacent to an activating group) is 1. The first kappa shape index (κ1) is 14.1. The van der Waals surface area contributed by atoms with Crippen molar-refractivity contribution in [3.05, 3.63) is 23.0 Å². The first-order chi connectivity index (χ1) is 9.08. The molecule has 1 aliphatic carbocycles. The zero-order valence-corrected chi connectivity index (χ0v) is 11.7. The van der Waals surface area contributed by atoms with Crippen LogP contribution in [0.25, 0.3) is 0 Å². The number of halogens is 1. The van der Waals surface area contributed by atoms with Gasteiger partial charge in [-0.3, -0.25) is 4.79 Å². The Morgan fingerprint density at radius 2 is 2.37 bits per heavy atom. The maximum Gasteiger partial charge on any atom is 0.255 e. The molecule has 0 unspecified atom stereocenters. The van der Waals surface area contributed by atoms with Gasteiger partial charge in [0.05, 0.1) is 24.1 Å². The summed E-state index contributed by atoms with van der Waals surface area (Å²) >= 11 is 5.77. The van der Waals surface area contributed by atoms with Crippen molar-refractivity contribution in [3.63, 3.8) is 0 Å². The summed E-state index contributed by atoms with van der Waals surface area (Å²) in [5.74, 6) is 0.562. The highest BCUT2D eigenvalue weighted by atomic mass is 35.5. The molecule has 19 heavy (non-hydrogen) atoms. The van der Waals surface area contributed by atoms with Gasteiger partial charge in [0.25, 0.3) is 5.91 Å². The number of rotatable bonds is 6. The van der Waals surface area contributed by atoms with Gasteiger partial charge in [-0.1, -0.05) is 11.6 Å². The van der Waals surface area contributed by atoms with E-state index in [4.69, 9.17) is 22.1 Å². The van der Waals surface area contributed by atoms with Crippen LogP contribution in [-0.4, -0.2) is 42.6 Å². The Hall–Kier alpha value is -1.33. The summed E-state index contributed by atoms with van der Waals surface area (Å²) in [7, 11) is 1.72. The Kier molecular flexibility index (Phi) is 4.61. The molecular weight excluding hydrogens is 266 g/mol. The highest BCUT2D eigenvalue weighted by Crippen LogP contribution is 2.28. The molecule has 0 aromatic carbocycles. The van der Waals surface area contributed by atoms with Crippen LogP contribution in [-0.2, 0) is 4.74 Å². The molecule has 0 aliphatic heterocycles. The van der Waals surface area contributed by atoms with E-state index in [1.807, 2.05) is 0 Å². The van der Waals surface area contributed by atoms with Gasteiger partial charge in [0.1, 0.15) is 5.15 Å². The Morgan fingerprint density at radius 3 is 3.05 bits per heavy atom. The van der Waals surface area contributed by atoms with Gasteiger partial charge < -0.3 is 15.4 Å². The molecule has 6 heteroatoms. The molecule has 1 fully saturated rings. The third kappa shape index (κ3) is 4.08. The van der Waals surface area contributed by atoms with Crippen LogP contribution < -0.4 is 5.73 Å². The van der Waals surface area contributed by atoms with Crippen molar-refractivity contribution in [2.45, 2.75) is 12.8 Å². The van der Waals surface area contributed by atoms with Gasteiger partial charge in [-0.25, -0.2) is 4.98 Å². The minimum atomic E-state index is -0.170. The van der Waals surface area contributed by atoms with E-state index in [2.05, 4.69) is 4.98 Å². The van der Waals surface area contributed by atoms with Gasteiger partial charge in [-0.05, 0) is 24.8 Å². The number of hydrogen-bond acceptors (Lipinski definition) is 4. The summed E-state index contributed by atoms with van der Waals surface area (Å²) in [6, 6.07) is 1.49. The normalized spacial score (nSPS) is 14.4. The summed E-state index contributed by atoms with van der Waals surface area (Å²) in [6.45, 7) is 1.87. The molecule has 1 aromatic rings. The van der Waals surface area contributed by atoms with E-state index in [1.165, 1.54) is 25.1 Å². The van der Waals surface area contributed by atoms with Crippen LogP contribution in [0.15, 0.2) is 12.3 Å². The lowest BCUT2D eigenvalue weighted by molar-refractivity contribution is 0.0682. The van der Waals surface area contributed by atoms with Crippen molar-refractivity contribution in [1.82, 2.24) is 9.88 Å². The first-order valence-electron chi connectivity index (χ1n) is 6.32. The molecule has 1 saturated carbocycles. The number of ether oxygens (including phenoxy) is 1. The van der Waals surface area contributed by atoms with Crippen molar-refractivity contribution in [2.24, 2.45) is 5.92 Å². The van der Waals surface area contributed by atoms with Crippen molar-refractivity contribution in [3.8, 4) is 0 Å². The Balaban J connectivity index is 1.84. The number of nitrogen functional groups attached to an aromatic ring is 1. The second kappa shape index (κ2) is 6.21. The molecule has 0 radical (unpaired) electrons. The van der Waals surface area contributed by atoms with Crippen LogP contribution >= 0.6 is 11.6 Å². The number of aromatic nitrogens is 1. The van der Waals surface area contributed by atoms with E-state index in [-0.39, 0.29) is 11.1 Å². The van der Waals surface area contributed by atoms with Crippen LogP contribution in [0.5, 0.6) is 0 Å². The summed E-state index contributed by atoms with van der Waals surface area (Å²) < 4.78 is 5.50. The van der Waals surface area contributed by atoms with E-state index in [0.717, 1.165) is 12.5 Å². The van der Waals surface area contributed by atoms with Gasteiger partial charge >= 0.3 is 0 Å². The fourth-order valence-corrected chi connectivity index (χ4v) is 1.83. The van der Waals surface area contributed by atoms with Crippen LogP contribution in [0.2, 0.25) is 5.15 Å². The molecule has 0 saturated heterocycles. The van der Waals surface area contributed by atoms with Crippen LogP contribution in [0, 0.1) is 5.92 Å². The Labute approximate surface area is 117 Å². The lowest BCUT2D eigenvalue weighted by Gasteiger charge is -2.18. The molecule has 1 aromatic heterocycles. The van der Waals surface area contributed by atoms with E-state index in [0.29, 0.717) is 24.4 Å². The van der Waals surface area contributed by atoms with Gasteiger partial charge in [0.15, 0.2) is 0 Å². The van der Waals surface area contributed by atoms with Crippen LogP contribution in [0.1, 0.15) is 23.2 Å². The molecule has 104 valence electrons. The fourth-order valence-electron chi connectivity index (χ4n) is 1.67. The molecule has 1 amide bonds. The molecular formula is C13H18ClN3O2. The fraction of sp³-hybridized carbons (Fsp3) is 0.538. The zero-order chi connectivity index (χ0) is 13.8. The standard InChI is InChI=1S/C13H18ClN3O2/c1-17(4-5-19-8-9-2-3-9)13(18)10-6-12(14)16-7-11(10)15/h6-7,9H,2-5,8,15H2,1H3. The van der Waals surface area contributed by atoms with Gasteiger partial charge in [0, 0.05) is 20.2 Å². The zero-order valence-electron chi connectivity index (χ0n) is 10.9. The second-order valence-electron chi connectivity index (χ2n) is 4.84. The monoisotopic (exact) mass is 283 g/mol. The average Bonchev–Trinajstić information content (AvgIpc) is 3.20. The quantitative estimate of drug-likeness (QED) is 0.639. The summed E-state index contributed by atoms with van der Waals surface area (Å²) in [5, 5.41) is 0.260. The van der Waals surface area contributed by atoms with E-state index in [1.54, 1.807) is 11.9 Å². The summed E-state index contributed by atoms with van der Waals surface area (Å²) in [6.07, 6.45) is 3.93. The highest BCUT2D eigenvalue weighted by molar-refractivity contribution is 6.29. The lowest BCUT2D eigenvalue weighted by atomic mass is 10.2. The first-order valence-corrected chi connectivity index (χ1v) is 6.70. The molecule has 1 aliphatic rings. The third-order valence-electron chi connectivity index (χ3n) is 3.10. The molecule has 5 nitrogen and oxygen atoms in total. The van der Waals surface area contributed by atoms with Crippen LogP contribution in [0.3, 0.4) is 0 Å². The smallest absolute Gasteiger partial charge is 0.255 e. The number of carbonyl (C=O) groups is 1. The van der Waals surface area contributed by atoms with Gasteiger partial charge in [0.2, 0.25) is 0 Å². The number of anilines is 1. The molecule has 0 atom stereocenters. The maximum atomic E-state index is 12.2. The average molecular weight is 284 g/mol.